The van der Waals surface area contributed by atoms with Crippen LogP contribution in [0.3, 0.4) is 0 Å². The van der Waals surface area contributed by atoms with E-state index in [2.05, 4.69) is 10.3 Å². The van der Waals surface area contributed by atoms with Crippen LogP contribution < -0.4 is 10.1 Å². The first-order chi connectivity index (χ1) is 11.4. The topological polar surface area (TPSA) is 88.5 Å². The number of aromatic nitrogens is 1. The summed E-state index contributed by atoms with van der Waals surface area (Å²) < 4.78 is 5.16. The van der Waals surface area contributed by atoms with Gasteiger partial charge in [0.1, 0.15) is 11.4 Å². The van der Waals surface area contributed by atoms with E-state index < -0.39 is 17.9 Å². The molecule has 0 saturated heterocycles. The molecule has 0 spiro atoms. The highest BCUT2D eigenvalue weighted by molar-refractivity contribution is 5.93. The predicted molar refractivity (Wildman–Crippen MR) is 89.2 cm³/mol. The maximum absolute atomic E-state index is 12.5. The molecule has 6 nitrogen and oxygen atoms in total. The fourth-order valence-corrected chi connectivity index (χ4v) is 2.47. The van der Waals surface area contributed by atoms with Crippen molar-refractivity contribution in [1.29, 1.82) is 0 Å². The van der Waals surface area contributed by atoms with Crippen molar-refractivity contribution in [3.63, 3.8) is 0 Å². The van der Waals surface area contributed by atoms with Gasteiger partial charge in [-0.2, -0.15) is 0 Å². The molecule has 1 aromatic heterocycles. The Bertz CT molecular complexity index is 738. The smallest absolute Gasteiger partial charge is 0.305 e. The molecule has 0 aliphatic rings. The largest absolute Gasteiger partial charge is 0.497 e. The summed E-state index contributed by atoms with van der Waals surface area (Å²) >= 11 is 0. The Labute approximate surface area is 140 Å². The number of carboxylic acid groups (broad SMARTS) is 1. The van der Waals surface area contributed by atoms with Gasteiger partial charge in [0, 0.05) is 5.69 Å². The van der Waals surface area contributed by atoms with Crippen LogP contribution in [0.25, 0.3) is 0 Å². The maximum Gasteiger partial charge on any atom is 0.305 e. The van der Waals surface area contributed by atoms with Crippen molar-refractivity contribution in [2.75, 3.05) is 7.11 Å². The van der Waals surface area contributed by atoms with Gasteiger partial charge in [0.25, 0.3) is 5.91 Å². The van der Waals surface area contributed by atoms with E-state index >= 15 is 0 Å². The number of rotatable bonds is 6. The molecule has 1 amide bonds. The first-order valence-corrected chi connectivity index (χ1v) is 7.51. The minimum absolute atomic E-state index is 0.232. The number of hydrogen-bond donors (Lipinski definition) is 2. The van der Waals surface area contributed by atoms with E-state index in [-0.39, 0.29) is 12.1 Å². The van der Waals surface area contributed by atoms with Crippen molar-refractivity contribution in [3.8, 4) is 5.75 Å². The van der Waals surface area contributed by atoms with E-state index in [0.29, 0.717) is 11.3 Å². The lowest BCUT2D eigenvalue weighted by Crippen LogP contribution is -2.31. The molecule has 0 aliphatic carbocycles. The number of nitrogens with one attached hydrogen (secondary N) is 1. The van der Waals surface area contributed by atoms with Crippen molar-refractivity contribution < 1.29 is 19.4 Å². The van der Waals surface area contributed by atoms with Crippen molar-refractivity contribution in [2.24, 2.45) is 0 Å². The Kier molecular flexibility index (Phi) is 5.52. The van der Waals surface area contributed by atoms with Gasteiger partial charge >= 0.3 is 5.97 Å². The van der Waals surface area contributed by atoms with Gasteiger partial charge in [0.15, 0.2) is 0 Å². The van der Waals surface area contributed by atoms with Crippen LogP contribution in [0.5, 0.6) is 5.75 Å². The lowest BCUT2D eigenvalue weighted by molar-refractivity contribution is -0.137. The summed E-state index contributed by atoms with van der Waals surface area (Å²) in [5.74, 6) is -0.811. The molecular formula is C18H20N2O4. The molecule has 1 heterocycles. The number of benzene rings is 1. The summed E-state index contributed by atoms with van der Waals surface area (Å²) in [4.78, 5) is 27.8. The standard InChI is InChI=1S/C18H20N2O4/c1-11-7-12(2)19-16(8-11)18(23)20-15(10-17(21)22)13-5-4-6-14(9-13)24-3/h4-9,15H,10H2,1-3H3,(H,20,23)(H,21,22). The number of ether oxygens (including phenoxy) is 1. The molecule has 24 heavy (non-hydrogen) atoms. The Hall–Kier alpha value is -2.89. The van der Waals surface area contributed by atoms with Gasteiger partial charge in [0.2, 0.25) is 0 Å². The molecule has 0 fully saturated rings. The quantitative estimate of drug-likeness (QED) is 0.851. The number of aliphatic carboxylic acids is 1. The van der Waals surface area contributed by atoms with Crippen LogP contribution in [0.15, 0.2) is 36.4 Å². The van der Waals surface area contributed by atoms with E-state index in [1.165, 1.54) is 7.11 Å². The minimum atomic E-state index is -1.00. The SMILES string of the molecule is COc1cccc(C(CC(=O)O)NC(=O)c2cc(C)cc(C)n2)c1. The fourth-order valence-electron chi connectivity index (χ4n) is 2.47. The van der Waals surface area contributed by atoms with E-state index in [9.17, 15) is 9.59 Å². The third-order valence-corrected chi connectivity index (χ3v) is 3.51. The van der Waals surface area contributed by atoms with E-state index in [1.54, 1.807) is 37.3 Å². The summed E-state index contributed by atoms with van der Waals surface area (Å²) in [6.45, 7) is 3.68. The zero-order valence-electron chi connectivity index (χ0n) is 13.9. The van der Waals surface area contributed by atoms with Crippen molar-refractivity contribution >= 4 is 11.9 Å². The number of pyridine rings is 1. The molecule has 0 aliphatic heterocycles. The van der Waals surface area contributed by atoms with Gasteiger partial charge < -0.3 is 15.2 Å². The van der Waals surface area contributed by atoms with E-state index in [0.717, 1.165) is 11.3 Å². The molecule has 126 valence electrons. The maximum atomic E-state index is 12.5. The van der Waals surface area contributed by atoms with Crippen LogP contribution in [-0.4, -0.2) is 29.1 Å². The highest BCUT2D eigenvalue weighted by Crippen LogP contribution is 2.22. The normalized spacial score (nSPS) is 11.6. The molecule has 1 unspecified atom stereocenters. The average molecular weight is 328 g/mol. The number of carboxylic acids is 1. The summed E-state index contributed by atoms with van der Waals surface area (Å²) in [6, 6.07) is 9.85. The fraction of sp³-hybridized carbons (Fsp3) is 0.278. The summed E-state index contributed by atoms with van der Waals surface area (Å²) in [5.41, 5.74) is 2.58. The summed E-state index contributed by atoms with van der Waals surface area (Å²) in [5, 5.41) is 11.9. The molecule has 0 saturated carbocycles. The lowest BCUT2D eigenvalue weighted by atomic mass is 10.0. The van der Waals surface area contributed by atoms with Gasteiger partial charge in [0.05, 0.1) is 19.6 Å². The third kappa shape index (κ3) is 4.55. The molecule has 2 N–H and O–H groups in total. The highest BCUT2D eigenvalue weighted by Gasteiger charge is 2.20. The molecule has 2 aromatic rings. The summed E-state index contributed by atoms with van der Waals surface area (Å²) in [7, 11) is 1.53. The van der Waals surface area contributed by atoms with Gasteiger partial charge in [-0.15, -0.1) is 0 Å². The van der Waals surface area contributed by atoms with Gasteiger partial charge in [-0.3, -0.25) is 9.59 Å². The molecule has 0 bridgehead atoms. The Morgan fingerprint density at radius 1 is 1.25 bits per heavy atom. The number of hydrogen-bond acceptors (Lipinski definition) is 4. The lowest BCUT2D eigenvalue weighted by Gasteiger charge is -2.18. The Balaban J connectivity index is 2.27. The zero-order valence-corrected chi connectivity index (χ0v) is 13.9. The first-order valence-electron chi connectivity index (χ1n) is 7.51. The second kappa shape index (κ2) is 7.59. The predicted octanol–water partition coefficient (Wildman–Crippen LogP) is 2.65. The van der Waals surface area contributed by atoms with E-state index in [1.807, 2.05) is 13.0 Å². The molecule has 1 atom stereocenters. The number of amides is 1. The van der Waals surface area contributed by atoms with Crippen LogP contribution in [0.1, 0.15) is 39.8 Å². The summed E-state index contributed by atoms with van der Waals surface area (Å²) in [6.07, 6.45) is -0.232. The Morgan fingerprint density at radius 2 is 2.00 bits per heavy atom. The molecule has 2 rings (SSSR count). The molecule has 6 heteroatoms. The number of methoxy groups -OCH3 is 1. The van der Waals surface area contributed by atoms with Crippen LogP contribution >= 0.6 is 0 Å². The van der Waals surface area contributed by atoms with Crippen LogP contribution in [0, 0.1) is 13.8 Å². The van der Waals surface area contributed by atoms with Crippen LogP contribution in [0.2, 0.25) is 0 Å². The number of carbonyl (C=O) groups excluding carboxylic acids is 1. The van der Waals surface area contributed by atoms with Crippen molar-refractivity contribution in [3.05, 3.63) is 58.9 Å². The van der Waals surface area contributed by atoms with Crippen molar-refractivity contribution in [2.45, 2.75) is 26.3 Å². The second-order valence-electron chi connectivity index (χ2n) is 5.57. The number of aryl methyl sites for hydroxylation is 2. The highest BCUT2D eigenvalue weighted by atomic mass is 16.5. The van der Waals surface area contributed by atoms with Crippen molar-refractivity contribution in [1.82, 2.24) is 10.3 Å². The Morgan fingerprint density at radius 3 is 2.62 bits per heavy atom. The van der Waals surface area contributed by atoms with Gasteiger partial charge in [-0.05, 0) is 49.2 Å². The van der Waals surface area contributed by atoms with Gasteiger partial charge in [-0.25, -0.2) is 4.98 Å². The number of nitrogens with zero attached hydrogens (tertiary/aromatic N) is 1. The monoisotopic (exact) mass is 328 g/mol. The minimum Gasteiger partial charge on any atom is -0.497 e. The van der Waals surface area contributed by atoms with Crippen LogP contribution in [-0.2, 0) is 4.79 Å². The first kappa shape index (κ1) is 17.5. The molecule has 0 radical (unpaired) electrons. The third-order valence-electron chi connectivity index (χ3n) is 3.51. The number of carbonyl (C=O) groups is 2. The zero-order chi connectivity index (χ0) is 17.7. The van der Waals surface area contributed by atoms with E-state index in [4.69, 9.17) is 9.84 Å². The molecular weight excluding hydrogens is 308 g/mol. The second-order valence-corrected chi connectivity index (χ2v) is 5.57. The average Bonchev–Trinajstić information content (AvgIpc) is 2.53. The molecule has 1 aromatic carbocycles. The van der Waals surface area contributed by atoms with Crippen LogP contribution in [0.4, 0.5) is 0 Å². The van der Waals surface area contributed by atoms with Gasteiger partial charge in [-0.1, -0.05) is 12.1 Å².